The lowest BCUT2D eigenvalue weighted by molar-refractivity contribution is 0.205. The van der Waals surface area contributed by atoms with Gasteiger partial charge in [-0.1, -0.05) is 102 Å². The average molecular weight is 468 g/mol. The number of fused-ring (bicyclic) bond motifs is 2. The summed E-state index contributed by atoms with van der Waals surface area (Å²) in [5.41, 5.74) is 5.51. The predicted octanol–water partition coefficient (Wildman–Crippen LogP) is 9.70. The maximum Gasteiger partial charge on any atom is 0.123 e. The third-order valence-corrected chi connectivity index (χ3v) is 7.84. The number of hydrogen-bond acceptors (Lipinski definition) is 3. The van der Waals surface area contributed by atoms with Gasteiger partial charge in [0.05, 0.1) is 11.4 Å². The van der Waals surface area contributed by atoms with Gasteiger partial charge in [0.2, 0.25) is 0 Å². The van der Waals surface area contributed by atoms with E-state index in [2.05, 4.69) is 55.1 Å². The highest BCUT2D eigenvalue weighted by Gasteiger charge is 2.24. The predicted molar refractivity (Wildman–Crippen MR) is 145 cm³/mol. The summed E-state index contributed by atoms with van der Waals surface area (Å²) in [5.74, 6) is 0. The van der Waals surface area contributed by atoms with Gasteiger partial charge in [-0.25, -0.2) is 0 Å². The van der Waals surface area contributed by atoms with Gasteiger partial charge >= 0.3 is 0 Å². The van der Waals surface area contributed by atoms with E-state index in [9.17, 15) is 0 Å². The van der Waals surface area contributed by atoms with Crippen molar-refractivity contribution in [2.75, 3.05) is 18.7 Å². The third kappa shape index (κ3) is 8.07. The topological polar surface area (TPSA) is 12.5 Å². The van der Waals surface area contributed by atoms with Gasteiger partial charge in [0.25, 0.3) is 0 Å². The second kappa shape index (κ2) is 14.7. The Hall–Kier alpha value is -1.45. The molecule has 1 aliphatic heterocycles. The van der Waals surface area contributed by atoms with Crippen LogP contribution in [-0.4, -0.2) is 13.8 Å². The minimum atomic E-state index is 0.591. The average Bonchev–Trinajstić information content (AvgIpc) is 2.83. The van der Waals surface area contributed by atoms with Crippen molar-refractivity contribution in [3.8, 4) is 0 Å². The molecule has 2 aromatic carbocycles. The maximum absolute atomic E-state index is 5.60. The van der Waals surface area contributed by atoms with Gasteiger partial charge in [-0.2, -0.15) is 0 Å². The Bertz CT molecular complexity index is 769. The Labute approximate surface area is 207 Å². The van der Waals surface area contributed by atoms with E-state index in [0.717, 1.165) is 0 Å². The van der Waals surface area contributed by atoms with Crippen LogP contribution in [0.15, 0.2) is 46.2 Å². The lowest BCUT2D eigenvalue weighted by atomic mass is 10.0. The van der Waals surface area contributed by atoms with Crippen LogP contribution in [0.4, 0.5) is 11.4 Å². The first-order chi connectivity index (χ1) is 16.3. The van der Waals surface area contributed by atoms with Gasteiger partial charge < -0.3 is 9.64 Å². The zero-order valence-corrected chi connectivity index (χ0v) is 22.2. The van der Waals surface area contributed by atoms with E-state index in [1.165, 1.54) is 122 Å². The van der Waals surface area contributed by atoms with Crippen LogP contribution in [0.1, 0.15) is 102 Å². The molecule has 3 rings (SSSR count). The van der Waals surface area contributed by atoms with Crippen LogP contribution < -0.4 is 4.90 Å². The Morgan fingerprint density at radius 3 is 1.55 bits per heavy atom. The molecular weight excluding hydrogens is 422 g/mol. The van der Waals surface area contributed by atoms with Crippen LogP contribution >= 0.6 is 11.8 Å². The Kier molecular flexibility index (Phi) is 11.7. The molecule has 0 saturated heterocycles. The molecule has 0 aromatic heterocycles. The first-order valence-electron chi connectivity index (χ1n) is 13.5. The molecule has 1 heterocycles. The fourth-order valence-electron chi connectivity index (χ4n) is 4.77. The zero-order chi connectivity index (χ0) is 23.3. The number of aryl methyl sites for hydroxylation is 2. The van der Waals surface area contributed by atoms with Gasteiger partial charge in [0.15, 0.2) is 0 Å². The minimum Gasteiger partial charge on any atom is -0.364 e. The molecule has 33 heavy (non-hydrogen) atoms. The number of anilines is 2. The number of unbranched alkanes of at least 4 members (excludes halogenated alkanes) is 10. The third-order valence-electron chi connectivity index (χ3n) is 6.75. The largest absolute Gasteiger partial charge is 0.364 e. The Morgan fingerprint density at radius 1 is 0.636 bits per heavy atom. The van der Waals surface area contributed by atoms with E-state index in [0.29, 0.717) is 6.73 Å². The number of hydrogen-bond donors (Lipinski definition) is 0. The van der Waals surface area contributed by atoms with E-state index in [1.54, 1.807) is 7.11 Å². The smallest absolute Gasteiger partial charge is 0.123 e. The van der Waals surface area contributed by atoms with E-state index in [4.69, 9.17) is 4.74 Å². The number of methoxy groups -OCH3 is 1. The van der Waals surface area contributed by atoms with E-state index >= 15 is 0 Å². The number of nitrogens with zero attached hydrogens (tertiary/aromatic N) is 1. The molecule has 182 valence electrons. The molecule has 0 N–H and O–H groups in total. The van der Waals surface area contributed by atoms with Gasteiger partial charge in [-0.15, -0.1) is 0 Å². The number of rotatable bonds is 16. The van der Waals surface area contributed by atoms with Gasteiger partial charge in [-0.3, -0.25) is 0 Å². The maximum atomic E-state index is 5.60. The highest BCUT2D eigenvalue weighted by atomic mass is 32.2. The van der Waals surface area contributed by atoms with Crippen molar-refractivity contribution >= 4 is 23.1 Å². The van der Waals surface area contributed by atoms with Crippen molar-refractivity contribution in [1.82, 2.24) is 0 Å². The zero-order valence-electron chi connectivity index (χ0n) is 21.3. The highest BCUT2D eigenvalue weighted by molar-refractivity contribution is 7.99. The molecule has 0 bridgehead atoms. The van der Waals surface area contributed by atoms with Crippen molar-refractivity contribution < 1.29 is 4.74 Å². The van der Waals surface area contributed by atoms with Crippen LogP contribution in [-0.2, 0) is 17.6 Å². The second-order valence-electron chi connectivity index (χ2n) is 9.59. The molecule has 0 amide bonds. The molecule has 3 heteroatoms. The van der Waals surface area contributed by atoms with Crippen molar-refractivity contribution in [2.24, 2.45) is 0 Å². The second-order valence-corrected chi connectivity index (χ2v) is 10.7. The number of ether oxygens (including phenoxy) is 1. The molecule has 0 unspecified atom stereocenters. The fourth-order valence-corrected chi connectivity index (χ4v) is 6.00. The Balaban J connectivity index is 1.63. The van der Waals surface area contributed by atoms with Crippen LogP contribution in [0.2, 0.25) is 0 Å². The summed E-state index contributed by atoms with van der Waals surface area (Å²) in [4.78, 5) is 5.09. The molecule has 2 aromatic rings. The quantitative estimate of drug-likeness (QED) is 0.228. The molecule has 0 aliphatic carbocycles. The van der Waals surface area contributed by atoms with Crippen molar-refractivity contribution in [3.63, 3.8) is 0 Å². The minimum absolute atomic E-state index is 0.591. The van der Waals surface area contributed by atoms with Crippen LogP contribution in [0.25, 0.3) is 0 Å². The Morgan fingerprint density at radius 2 is 1.09 bits per heavy atom. The number of benzene rings is 2. The molecule has 0 atom stereocenters. The summed E-state index contributed by atoms with van der Waals surface area (Å²) in [6.45, 7) is 5.16. The van der Waals surface area contributed by atoms with E-state index in [1.807, 2.05) is 11.8 Å². The van der Waals surface area contributed by atoms with Crippen LogP contribution in [0.3, 0.4) is 0 Å². The molecule has 0 radical (unpaired) electrons. The molecular formula is C30H45NOS. The lowest BCUT2D eigenvalue weighted by Gasteiger charge is -2.32. The van der Waals surface area contributed by atoms with Crippen molar-refractivity contribution in [2.45, 2.75) is 114 Å². The standard InChI is InChI=1S/C30H45NOS/c1-4-6-8-10-12-14-16-25-18-20-27-29(22-25)33-30-23-26(17-15-13-11-9-7-5-2)19-21-28(30)31(27)24-32-3/h18-23H,4-17,24H2,1-3H3. The summed E-state index contributed by atoms with van der Waals surface area (Å²) >= 11 is 1.94. The van der Waals surface area contributed by atoms with Gasteiger partial charge in [0.1, 0.15) is 6.73 Å². The molecule has 0 spiro atoms. The molecule has 0 fully saturated rings. The first kappa shape index (κ1) is 26.2. The first-order valence-corrected chi connectivity index (χ1v) is 14.3. The summed E-state index contributed by atoms with van der Waals surface area (Å²) in [6.07, 6.45) is 18.6. The normalized spacial score (nSPS) is 12.6. The molecule has 0 saturated carbocycles. The van der Waals surface area contributed by atoms with Gasteiger partial charge in [0, 0.05) is 16.9 Å². The SMILES string of the molecule is CCCCCCCCc1ccc2c(c1)Sc1cc(CCCCCCCC)ccc1N2COC. The van der Waals surface area contributed by atoms with Crippen LogP contribution in [0.5, 0.6) is 0 Å². The van der Waals surface area contributed by atoms with Crippen LogP contribution in [0, 0.1) is 0 Å². The lowest BCUT2D eigenvalue weighted by Crippen LogP contribution is -2.23. The van der Waals surface area contributed by atoms with E-state index < -0.39 is 0 Å². The molecule has 2 nitrogen and oxygen atoms in total. The van der Waals surface area contributed by atoms with Crippen molar-refractivity contribution in [1.29, 1.82) is 0 Å². The summed E-state index contributed by atoms with van der Waals surface area (Å²) in [7, 11) is 1.79. The summed E-state index contributed by atoms with van der Waals surface area (Å²) in [6, 6.07) is 14.1. The summed E-state index contributed by atoms with van der Waals surface area (Å²) in [5, 5.41) is 0. The monoisotopic (exact) mass is 467 g/mol. The summed E-state index contributed by atoms with van der Waals surface area (Å²) < 4.78 is 5.60. The van der Waals surface area contributed by atoms with Crippen molar-refractivity contribution in [3.05, 3.63) is 47.5 Å². The van der Waals surface area contributed by atoms with E-state index in [-0.39, 0.29) is 0 Å². The van der Waals surface area contributed by atoms with Gasteiger partial charge in [-0.05, 0) is 61.1 Å². The fraction of sp³-hybridized carbons (Fsp3) is 0.600. The molecule has 1 aliphatic rings. The highest BCUT2D eigenvalue weighted by Crippen LogP contribution is 2.48.